The van der Waals surface area contributed by atoms with Crippen LogP contribution in [0.2, 0.25) is 0 Å². The normalized spacial score (nSPS) is 21.1. The Morgan fingerprint density at radius 2 is 1.88 bits per heavy atom. The highest BCUT2D eigenvalue weighted by atomic mass is 16.3. The summed E-state index contributed by atoms with van der Waals surface area (Å²) in [5.74, 6) is 0.0804. The Labute approximate surface area is 104 Å². The zero-order valence-electron chi connectivity index (χ0n) is 11.5. The van der Waals surface area contributed by atoms with E-state index < -0.39 is 5.60 Å². The topological polar surface area (TPSA) is 52.6 Å². The molecule has 1 amide bonds. The number of likely N-dealkylation sites (tertiary alicyclic amines) is 1. The molecule has 0 saturated carbocycles. The smallest absolute Gasteiger partial charge is 0.237 e. The third-order valence-corrected chi connectivity index (χ3v) is 3.91. The van der Waals surface area contributed by atoms with Gasteiger partial charge < -0.3 is 10.4 Å². The fourth-order valence-electron chi connectivity index (χ4n) is 2.19. The molecule has 4 nitrogen and oxygen atoms in total. The Balaban J connectivity index is 2.39. The van der Waals surface area contributed by atoms with Crippen LogP contribution in [0.1, 0.15) is 47.0 Å². The average Bonchev–Trinajstić information content (AvgIpc) is 2.30. The van der Waals surface area contributed by atoms with Crippen LogP contribution in [0.25, 0.3) is 0 Å². The van der Waals surface area contributed by atoms with Gasteiger partial charge in [-0.25, -0.2) is 0 Å². The lowest BCUT2D eigenvalue weighted by Gasteiger charge is -2.48. The zero-order valence-corrected chi connectivity index (χ0v) is 11.5. The van der Waals surface area contributed by atoms with Gasteiger partial charge in [0.2, 0.25) is 5.91 Å². The predicted molar refractivity (Wildman–Crippen MR) is 68.8 cm³/mol. The minimum atomic E-state index is -0.566. The van der Waals surface area contributed by atoms with Crippen molar-refractivity contribution in [2.24, 2.45) is 0 Å². The van der Waals surface area contributed by atoms with Gasteiger partial charge in [-0.3, -0.25) is 9.69 Å². The van der Waals surface area contributed by atoms with Crippen molar-refractivity contribution in [1.82, 2.24) is 10.2 Å². The van der Waals surface area contributed by atoms with Crippen molar-refractivity contribution in [1.29, 1.82) is 0 Å². The summed E-state index contributed by atoms with van der Waals surface area (Å²) >= 11 is 0. The highest BCUT2D eigenvalue weighted by Gasteiger charge is 2.43. The van der Waals surface area contributed by atoms with Gasteiger partial charge in [-0.15, -0.1) is 0 Å². The third kappa shape index (κ3) is 3.42. The molecule has 1 heterocycles. The van der Waals surface area contributed by atoms with Gasteiger partial charge in [0, 0.05) is 19.1 Å². The number of amides is 1. The zero-order chi connectivity index (χ0) is 13.1. The first-order chi connectivity index (χ1) is 7.95. The molecule has 1 fully saturated rings. The molecule has 1 atom stereocenters. The molecule has 0 aliphatic carbocycles. The maximum atomic E-state index is 12.0. The van der Waals surface area contributed by atoms with E-state index in [0.717, 1.165) is 19.3 Å². The number of hydrogen-bond acceptors (Lipinski definition) is 3. The summed E-state index contributed by atoms with van der Waals surface area (Å²) in [5.41, 5.74) is -0.566. The van der Waals surface area contributed by atoms with Gasteiger partial charge >= 0.3 is 0 Å². The fraction of sp³-hybridized carbons (Fsp3) is 0.923. The Bertz CT molecular complexity index is 258. The summed E-state index contributed by atoms with van der Waals surface area (Å²) in [7, 11) is 0. The summed E-state index contributed by atoms with van der Waals surface area (Å²) in [6.45, 7) is 9.28. The molecule has 1 rings (SSSR count). The molecule has 0 aromatic heterocycles. The number of β-amino-alcohol motifs (C(OH)–C–C–N with tert-alkyl or cyclic N) is 1. The number of hydrogen-bond donors (Lipinski definition) is 2. The molecule has 2 N–H and O–H groups in total. The van der Waals surface area contributed by atoms with Gasteiger partial charge in [0.1, 0.15) is 0 Å². The van der Waals surface area contributed by atoms with Crippen LogP contribution >= 0.6 is 0 Å². The Morgan fingerprint density at radius 3 is 2.29 bits per heavy atom. The van der Waals surface area contributed by atoms with Crippen LogP contribution in [-0.4, -0.2) is 46.7 Å². The molecule has 0 aromatic rings. The van der Waals surface area contributed by atoms with Crippen LogP contribution in [0.15, 0.2) is 0 Å². The van der Waals surface area contributed by atoms with Crippen LogP contribution in [-0.2, 0) is 4.79 Å². The van der Waals surface area contributed by atoms with Gasteiger partial charge in [0.05, 0.1) is 11.6 Å². The Kier molecular flexibility index (Phi) is 4.95. The molecule has 0 radical (unpaired) electrons. The van der Waals surface area contributed by atoms with Crippen LogP contribution in [0.3, 0.4) is 0 Å². The number of carbonyl (C=O) groups is 1. The summed E-state index contributed by atoms with van der Waals surface area (Å²) in [6, 6.07) is 0.138. The van der Waals surface area contributed by atoms with Gasteiger partial charge in [0.15, 0.2) is 0 Å². The van der Waals surface area contributed by atoms with E-state index in [4.69, 9.17) is 0 Å². The van der Waals surface area contributed by atoms with E-state index in [-0.39, 0.29) is 18.0 Å². The van der Waals surface area contributed by atoms with Crippen molar-refractivity contribution >= 4 is 5.91 Å². The van der Waals surface area contributed by atoms with Gasteiger partial charge in [-0.05, 0) is 26.2 Å². The quantitative estimate of drug-likeness (QED) is 0.734. The molecule has 17 heavy (non-hydrogen) atoms. The molecule has 1 aliphatic rings. The van der Waals surface area contributed by atoms with Crippen molar-refractivity contribution in [3.63, 3.8) is 0 Å². The number of aliphatic hydroxyl groups is 1. The Hall–Kier alpha value is -0.610. The first-order valence-electron chi connectivity index (χ1n) is 6.72. The molecular weight excluding hydrogens is 216 g/mol. The number of nitrogens with zero attached hydrogens (tertiary/aromatic N) is 1. The highest BCUT2D eigenvalue weighted by molar-refractivity contribution is 5.81. The summed E-state index contributed by atoms with van der Waals surface area (Å²) in [4.78, 5) is 14.0. The largest absolute Gasteiger partial charge is 0.387 e. The van der Waals surface area contributed by atoms with Crippen molar-refractivity contribution in [3.05, 3.63) is 0 Å². The van der Waals surface area contributed by atoms with Crippen molar-refractivity contribution in [3.8, 4) is 0 Å². The standard InChI is InChI=1S/C13H26N2O2/c1-5-11(6-2)14-12(16)10(4)15-8-13(17,7-3)9-15/h10-11,17H,5-9H2,1-4H3,(H,14,16). The average molecular weight is 242 g/mol. The molecule has 1 aliphatic heterocycles. The molecule has 0 spiro atoms. The van der Waals surface area contributed by atoms with E-state index in [1.54, 1.807) is 0 Å². The molecule has 100 valence electrons. The SMILES string of the molecule is CCC(CC)NC(=O)C(C)N1CC(O)(CC)C1. The van der Waals surface area contributed by atoms with Crippen LogP contribution in [0, 0.1) is 0 Å². The van der Waals surface area contributed by atoms with E-state index >= 15 is 0 Å². The molecule has 4 heteroatoms. The van der Waals surface area contributed by atoms with Gasteiger partial charge in [0.25, 0.3) is 0 Å². The highest BCUT2D eigenvalue weighted by Crippen LogP contribution is 2.26. The molecule has 1 unspecified atom stereocenters. The minimum absolute atomic E-state index is 0.0804. The molecule has 0 aromatic carbocycles. The number of carbonyl (C=O) groups excluding carboxylic acids is 1. The number of nitrogens with one attached hydrogen (secondary N) is 1. The van der Waals surface area contributed by atoms with E-state index in [1.807, 2.05) is 18.7 Å². The fourth-order valence-corrected chi connectivity index (χ4v) is 2.19. The summed E-state index contributed by atoms with van der Waals surface area (Å²) in [5, 5.41) is 13.0. The maximum Gasteiger partial charge on any atom is 0.237 e. The number of rotatable bonds is 6. The summed E-state index contributed by atoms with van der Waals surface area (Å²) < 4.78 is 0. The van der Waals surface area contributed by atoms with E-state index in [2.05, 4.69) is 19.2 Å². The van der Waals surface area contributed by atoms with Crippen LogP contribution < -0.4 is 5.32 Å². The van der Waals surface area contributed by atoms with Crippen molar-refractivity contribution in [2.75, 3.05) is 13.1 Å². The molecule has 0 bridgehead atoms. The lowest BCUT2D eigenvalue weighted by atomic mass is 9.89. The van der Waals surface area contributed by atoms with Gasteiger partial charge in [-0.2, -0.15) is 0 Å². The minimum Gasteiger partial charge on any atom is -0.387 e. The first-order valence-corrected chi connectivity index (χ1v) is 6.72. The lowest BCUT2D eigenvalue weighted by Crippen LogP contribution is -2.66. The van der Waals surface area contributed by atoms with Crippen LogP contribution in [0.5, 0.6) is 0 Å². The predicted octanol–water partition coefficient (Wildman–Crippen LogP) is 1.14. The second-order valence-electron chi connectivity index (χ2n) is 5.18. The second-order valence-corrected chi connectivity index (χ2v) is 5.18. The monoisotopic (exact) mass is 242 g/mol. The van der Waals surface area contributed by atoms with E-state index in [1.165, 1.54) is 0 Å². The molecular formula is C13H26N2O2. The maximum absolute atomic E-state index is 12.0. The summed E-state index contributed by atoms with van der Waals surface area (Å²) in [6.07, 6.45) is 2.69. The van der Waals surface area contributed by atoms with E-state index in [0.29, 0.717) is 13.1 Å². The third-order valence-electron chi connectivity index (χ3n) is 3.91. The second kappa shape index (κ2) is 5.83. The van der Waals surface area contributed by atoms with E-state index in [9.17, 15) is 9.90 Å². The van der Waals surface area contributed by atoms with Crippen molar-refractivity contribution < 1.29 is 9.90 Å². The Morgan fingerprint density at radius 1 is 1.35 bits per heavy atom. The van der Waals surface area contributed by atoms with Gasteiger partial charge in [-0.1, -0.05) is 20.8 Å². The molecule has 1 saturated heterocycles. The first kappa shape index (κ1) is 14.5. The van der Waals surface area contributed by atoms with Crippen LogP contribution in [0.4, 0.5) is 0 Å². The van der Waals surface area contributed by atoms with Crippen molar-refractivity contribution in [2.45, 2.75) is 64.6 Å². The lowest BCUT2D eigenvalue weighted by molar-refractivity contribution is -0.143.